The fraction of sp³-hybridized carbons (Fsp3) is 0.130. The van der Waals surface area contributed by atoms with E-state index in [-0.39, 0.29) is 11.5 Å². The van der Waals surface area contributed by atoms with Gasteiger partial charge in [-0.2, -0.15) is 0 Å². The van der Waals surface area contributed by atoms with Crippen LogP contribution in [-0.2, 0) is 6.42 Å². The normalized spacial score (nSPS) is 10.9. The van der Waals surface area contributed by atoms with E-state index in [4.69, 9.17) is 4.74 Å². The monoisotopic (exact) mass is 437 g/mol. The number of benzene rings is 3. The molecule has 1 N–H and O–H groups in total. The van der Waals surface area contributed by atoms with Crippen LogP contribution in [0.3, 0.4) is 0 Å². The molecule has 28 heavy (non-hydrogen) atoms. The van der Waals surface area contributed by atoms with Crippen molar-refractivity contribution in [2.45, 2.75) is 13.3 Å². The van der Waals surface area contributed by atoms with E-state index in [9.17, 15) is 9.90 Å². The van der Waals surface area contributed by atoms with E-state index in [1.807, 2.05) is 31.2 Å². The molecule has 0 aliphatic rings. The summed E-state index contributed by atoms with van der Waals surface area (Å²) in [4.78, 5) is 16.8. The number of ether oxygens (including phenoxy) is 1. The van der Waals surface area contributed by atoms with E-state index in [1.54, 1.807) is 36.5 Å². The number of hydrogen-bond acceptors (Lipinski definition) is 4. The second kappa shape index (κ2) is 9.33. The molecule has 142 valence electrons. The lowest BCUT2D eigenvalue weighted by atomic mass is 10.1. The zero-order valence-electron chi connectivity index (χ0n) is 15.4. The maximum absolute atomic E-state index is 12.4. The first-order valence-electron chi connectivity index (χ1n) is 8.88. The van der Waals surface area contributed by atoms with Gasteiger partial charge in [0.15, 0.2) is 11.5 Å². The Labute approximate surface area is 172 Å². The molecule has 0 aliphatic heterocycles. The summed E-state index contributed by atoms with van der Waals surface area (Å²) < 4.78 is 6.09. The first-order valence-corrected chi connectivity index (χ1v) is 9.67. The summed E-state index contributed by atoms with van der Waals surface area (Å²) in [7, 11) is 0. The number of phenols is 1. The molecular formula is C23H20BrNO3. The zero-order chi connectivity index (χ0) is 19.9. The van der Waals surface area contributed by atoms with Crippen LogP contribution in [0, 0.1) is 6.92 Å². The van der Waals surface area contributed by atoms with Crippen molar-refractivity contribution in [1.82, 2.24) is 0 Å². The zero-order valence-corrected chi connectivity index (χ0v) is 17.0. The van der Waals surface area contributed by atoms with Gasteiger partial charge < -0.3 is 9.84 Å². The van der Waals surface area contributed by atoms with Crippen LogP contribution in [0.5, 0.6) is 11.5 Å². The Kier molecular flexibility index (Phi) is 6.61. The molecular weight excluding hydrogens is 418 g/mol. The molecule has 0 atom stereocenters. The van der Waals surface area contributed by atoms with E-state index in [0.29, 0.717) is 22.1 Å². The third-order valence-electron chi connectivity index (χ3n) is 4.13. The molecule has 5 heteroatoms. The van der Waals surface area contributed by atoms with Crippen LogP contribution >= 0.6 is 15.9 Å². The highest BCUT2D eigenvalue weighted by Gasteiger charge is 2.15. The Hall–Kier alpha value is -2.92. The number of aliphatic imine (C=N–C) groups is 1. The number of carbonyl (C=O) groups excluding carboxylic acids is 1. The number of esters is 1. The van der Waals surface area contributed by atoms with Crippen molar-refractivity contribution >= 4 is 28.1 Å². The van der Waals surface area contributed by atoms with Gasteiger partial charge in [0.25, 0.3) is 0 Å². The van der Waals surface area contributed by atoms with Gasteiger partial charge in [-0.3, -0.25) is 4.99 Å². The highest BCUT2D eigenvalue weighted by molar-refractivity contribution is 9.10. The number of hydrogen-bond donors (Lipinski definition) is 1. The molecule has 0 unspecified atom stereocenters. The molecule has 0 radical (unpaired) electrons. The summed E-state index contributed by atoms with van der Waals surface area (Å²) in [6.07, 6.45) is 2.40. The van der Waals surface area contributed by atoms with Gasteiger partial charge >= 0.3 is 5.97 Å². The third kappa shape index (κ3) is 5.30. The second-order valence-electron chi connectivity index (χ2n) is 6.37. The van der Waals surface area contributed by atoms with Gasteiger partial charge in [0.2, 0.25) is 0 Å². The molecule has 0 aliphatic carbocycles. The van der Waals surface area contributed by atoms with Gasteiger partial charge in [-0.15, -0.1) is 0 Å². The summed E-state index contributed by atoms with van der Waals surface area (Å²) in [5.41, 5.74) is 3.07. The van der Waals surface area contributed by atoms with Gasteiger partial charge in [-0.05, 0) is 43.2 Å². The molecule has 4 nitrogen and oxygen atoms in total. The van der Waals surface area contributed by atoms with Gasteiger partial charge in [0.1, 0.15) is 0 Å². The van der Waals surface area contributed by atoms with Gasteiger partial charge in [-0.25, -0.2) is 4.79 Å². The van der Waals surface area contributed by atoms with E-state index in [0.717, 1.165) is 12.0 Å². The average Bonchev–Trinajstić information content (AvgIpc) is 2.69. The van der Waals surface area contributed by atoms with E-state index >= 15 is 0 Å². The number of phenolic OH excluding ortho intramolecular Hbond substituents is 1. The van der Waals surface area contributed by atoms with E-state index in [2.05, 4.69) is 33.1 Å². The third-order valence-corrected chi connectivity index (χ3v) is 4.59. The van der Waals surface area contributed by atoms with Crippen LogP contribution in [0.25, 0.3) is 0 Å². The Morgan fingerprint density at radius 1 is 1.11 bits per heavy atom. The molecule has 0 spiro atoms. The molecule has 3 aromatic carbocycles. The molecule has 3 rings (SSSR count). The Morgan fingerprint density at radius 3 is 2.64 bits per heavy atom. The number of rotatable bonds is 6. The minimum atomic E-state index is -0.524. The molecule has 0 aromatic heterocycles. The highest BCUT2D eigenvalue weighted by atomic mass is 79.9. The second-order valence-corrected chi connectivity index (χ2v) is 7.29. The topological polar surface area (TPSA) is 58.9 Å². The minimum Gasteiger partial charge on any atom is -0.504 e. The Morgan fingerprint density at radius 2 is 1.89 bits per heavy atom. The molecule has 0 saturated heterocycles. The lowest BCUT2D eigenvalue weighted by Crippen LogP contribution is -2.09. The van der Waals surface area contributed by atoms with E-state index < -0.39 is 5.97 Å². The number of aryl methyl sites for hydroxylation is 1. The molecule has 3 aromatic rings. The molecule has 0 fully saturated rings. The Bertz CT molecular complexity index is 1000. The minimum absolute atomic E-state index is 0.0883. The fourth-order valence-corrected chi connectivity index (χ4v) is 3.16. The maximum atomic E-state index is 12.4. The first-order chi connectivity index (χ1) is 13.5. The first kappa shape index (κ1) is 19.8. The van der Waals surface area contributed by atoms with Crippen molar-refractivity contribution in [3.63, 3.8) is 0 Å². The predicted octanol–water partition coefficient (Wildman–Crippen LogP) is 5.34. The lowest BCUT2D eigenvalue weighted by Gasteiger charge is -2.09. The van der Waals surface area contributed by atoms with Gasteiger partial charge in [0.05, 0.1) is 5.56 Å². The van der Waals surface area contributed by atoms with Crippen molar-refractivity contribution < 1.29 is 14.6 Å². The predicted molar refractivity (Wildman–Crippen MR) is 115 cm³/mol. The van der Waals surface area contributed by atoms with Crippen molar-refractivity contribution in [1.29, 1.82) is 0 Å². The van der Waals surface area contributed by atoms with Gasteiger partial charge in [-0.1, -0.05) is 64.0 Å². The average molecular weight is 438 g/mol. The Balaban J connectivity index is 1.72. The van der Waals surface area contributed by atoms with Crippen LogP contribution in [0.2, 0.25) is 0 Å². The summed E-state index contributed by atoms with van der Waals surface area (Å²) >= 11 is 3.39. The van der Waals surface area contributed by atoms with Crippen LogP contribution in [-0.4, -0.2) is 23.8 Å². The number of nitrogens with zero attached hydrogens (tertiary/aromatic N) is 1. The van der Waals surface area contributed by atoms with Crippen LogP contribution in [0.15, 0.2) is 76.2 Å². The largest absolute Gasteiger partial charge is 0.504 e. The standard InChI is InChI=1S/C23H20BrNO3/c1-16-6-5-9-18(12-16)23(27)28-21-14-20(24)13-19(22(21)26)15-25-11-10-17-7-3-2-4-8-17/h2-9,12-15,26H,10-11H2,1H3. The van der Waals surface area contributed by atoms with Crippen molar-refractivity contribution in [3.8, 4) is 11.5 Å². The summed E-state index contributed by atoms with van der Waals surface area (Å²) in [6.45, 7) is 2.49. The summed E-state index contributed by atoms with van der Waals surface area (Å²) in [5.74, 6) is -0.554. The number of aromatic hydroxyl groups is 1. The van der Waals surface area contributed by atoms with Crippen molar-refractivity contribution in [2.24, 2.45) is 4.99 Å². The molecule has 0 heterocycles. The lowest BCUT2D eigenvalue weighted by molar-refractivity contribution is 0.0729. The van der Waals surface area contributed by atoms with E-state index in [1.165, 1.54) is 5.56 Å². The van der Waals surface area contributed by atoms with Crippen LogP contribution < -0.4 is 4.74 Å². The maximum Gasteiger partial charge on any atom is 0.343 e. The van der Waals surface area contributed by atoms with Crippen LogP contribution in [0.1, 0.15) is 27.0 Å². The van der Waals surface area contributed by atoms with Crippen LogP contribution in [0.4, 0.5) is 0 Å². The number of carbonyl (C=O) groups is 1. The summed E-state index contributed by atoms with van der Waals surface area (Å²) in [5, 5.41) is 10.5. The van der Waals surface area contributed by atoms with Crippen molar-refractivity contribution in [2.75, 3.05) is 6.54 Å². The molecule has 0 bridgehead atoms. The van der Waals surface area contributed by atoms with Gasteiger partial charge in [0, 0.05) is 22.8 Å². The number of halogens is 1. The smallest absolute Gasteiger partial charge is 0.343 e. The SMILES string of the molecule is Cc1cccc(C(=O)Oc2cc(Br)cc(C=NCCc3ccccc3)c2O)c1. The molecule has 0 saturated carbocycles. The molecule has 0 amide bonds. The quantitative estimate of drug-likeness (QED) is 0.321. The highest BCUT2D eigenvalue weighted by Crippen LogP contribution is 2.33. The van der Waals surface area contributed by atoms with Crippen molar-refractivity contribution in [3.05, 3.63) is 93.5 Å². The fourth-order valence-electron chi connectivity index (χ4n) is 2.70. The summed E-state index contributed by atoms with van der Waals surface area (Å²) in [6, 6.07) is 20.5.